The van der Waals surface area contributed by atoms with E-state index in [-0.39, 0.29) is 5.91 Å². The molecular weight excluding hydrogens is 164 g/mol. The van der Waals surface area contributed by atoms with E-state index in [1.54, 1.807) is 19.9 Å². The minimum atomic E-state index is -0.793. The molecule has 0 aliphatic carbocycles. The second-order valence-electron chi connectivity index (χ2n) is 3.83. The van der Waals surface area contributed by atoms with E-state index in [2.05, 4.69) is 5.32 Å². The van der Waals surface area contributed by atoms with Crippen molar-refractivity contribution in [1.82, 2.24) is 5.32 Å². The van der Waals surface area contributed by atoms with Gasteiger partial charge >= 0.3 is 0 Å². The zero-order valence-corrected chi connectivity index (χ0v) is 8.59. The van der Waals surface area contributed by atoms with Crippen molar-refractivity contribution in [2.45, 2.75) is 33.2 Å². The average molecular weight is 180 g/mol. The Bertz CT molecular complexity index is 246. The number of nitrogens with one attached hydrogen (secondary N) is 1. The topological polar surface area (TPSA) is 52.9 Å². The van der Waals surface area contributed by atoms with E-state index in [4.69, 9.17) is 5.26 Å². The molecule has 0 aromatic heterocycles. The van der Waals surface area contributed by atoms with E-state index in [1.807, 2.05) is 19.9 Å². The number of rotatable bonds is 3. The molecule has 0 aliphatic heterocycles. The SMILES string of the molecule is CC(C)/C=C/C(=O)NC(C)(C)C#N. The number of nitriles is 1. The van der Waals surface area contributed by atoms with Gasteiger partial charge in [-0.3, -0.25) is 4.79 Å². The molecule has 0 saturated heterocycles. The zero-order valence-electron chi connectivity index (χ0n) is 8.59. The molecule has 0 aliphatic rings. The van der Waals surface area contributed by atoms with Crippen molar-refractivity contribution in [2.75, 3.05) is 0 Å². The van der Waals surface area contributed by atoms with Crippen LogP contribution in [0.25, 0.3) is 0 Å². The van der Waals surface area contributed by atoms with Gasteiger partial charge in [-0.1, -0.05) is 19.9 Å². The van der Waals surface area contributed by atoms with Gasteiger partial charge in [0.25, 0.3) is 0 Å². The van der Waals surface area contributed by atoms with Crippen LogP contribution in [-0.2, 0) is 4.79 Å². The van der Waals surface area contributed by atoms with Gasteiger partial charge in [-0.05, 0) is 25.8 Å². The highest BCUT2D eigenvalue weighted by molar-refractivity contribution is 5.88. The minimum Gasteiger partial charge on any atom is -0.335 e. The number of hydrogen-bond donors (Lipinski definition) is 1. The Balaban J connectivity index is 4.12. The number of allylic oxidation sites excluding steroid dienone is 1. The molecule has 0 atom stereocenters. The molecule has 0 bridgehead atoms. The number of amides is 1. The molecule has 1 amide bonds. The van der Waals surface area contributed by atoms with Gasteiger partial charge in [-0.25, -0.2) is 0 Å². The number of carbonyl (C=O) groups excluding carboxylic acids is 1. The molecule has 0 aromatic carbocycles. The minimum absolute atomic E-state index is 0.222. The van der Waals surface area contributed by atoms with E-state index in [1.165, 1.54) is 6.08 Å². The van der Waals surface area contributed by atoms with Crippen LogP contribution < -0.4 is 5.32 Å². The molecule has 0 unspecified atom stereocenters. The summed E-state index contributed by atoms with van der Waals surface area (Å²) in [7, 11) is 0. The molecular formula is C10H16N2O. The Morgan fingerprint density at radius 3 is 2.46 bits per heavy atom. The fourth-order valence-electron chi connectivity index (χ4n) is 0.657. The highest BCUT2D eigenvalue weighted by atomic mass is 16.1. The lowest BCUT2D eigenvalue weighted by molar-refractivity contribution is -0.117. The third kappa shape index (κ3) is 5.92. The Hall–Kier alpha value is -1.30. The van der Waals surface area contributed by atoms with Crippen LogP contribution in [0.4, 0.5) is 0 Å². The van der Waals surface area contributed by atoms with Crippen molar-refractivity contribution in [2.24, 2.45) is 5.92 Å². The summed E-state index contributed by atoms with van der Waals surface area (Å²) in [5.41, 5.74) is -0.793. The molecule has 0 saturated carbocycles. The van der Waals surface area contributed by atoms with Gasteiger partial charge in [0.15, 0.2) is 0 Å². The van der Waals surface area contributed by atoms with Crippen molar-refractivity contribution in [3.63, 3.8) is 0 Å². The van der Waals surface area contributed by atoms with E-state index in [9.17, 15) is 4.79 Å². The maximum absolute atomic E-state index is 11.2. The summed E-state index contributed by atoms with van der Waals surface area (Å²) in [6.45, 7) is 7.29. The smallest absolute Gasteiger partial charge is 0.244 e. The van der Waals surface area contributed by atoms with E-state index in [0.717, 1.165) is 0 Å². The molecule has 1 N–H and O–H groups in total. The standard InChI is InChI=1S/C10H16N2O/c1-8(2)5-6-9(13)12-10(3,4)7-11/h5-6,8H,1-4H3,(H,12,13)/b6-5+. The van der Waals surface area contributed by atoms with Crippen molar-refractivity contribution >= 4 is 5.91 Å². The molecule has 0 aromatic rings. The first-order valence-electron chi connectivity index (χ1n) is 4.29. The molecule has 13 heavy (non-hydrogen) atoms. The van der Waals surface area contributed by atoms with Crippen LogP contribution in [-0.4, -0.2) is 11.4 Å². The summed E-state index contributed by atoms with van der Waals surface area (Å²) in [6.07, 6.45) is 3.26. The quantitative estimate of drug-likeness (QED) is 0.671. The fourth-order valence-corrected chi connectivity index (χ4v) is 0.657. The summed E-state index contributed by atoms with van der Waals surface area (Å²) in [4.78, 5) is 11.2. The molecule has 0 heterocycles. The van der Waals surface area contributed by atoms with Gasteiger partial charge in [0.1, 0.15) is 5.54 Å². The van der Waals surface area contributed by atoms with Crippen LogP contribution in [0.2, 0.25) is 0 Å². The first-order chi connectivity index (χ1) is 5.87. The van der Waals surface area contributed by atoms with Crippen LogP contribution in [0, 0.1) is 17.2 Å². The Morgan fingerprint density at radius 2 is 2.08 bits per heavy atom. The third-order valence-electron chi connectivity index (χ3n) is 1.35. The van der Waals surface area contributed by atoms with E-state index >= 15 is 0 Å². The Labute approximate surface area is 79.4 Å². The normalized spacial score (nSPS) is 11.7. The molecule has 72 valence electrons. The predicted octanol–water partition coefficient (Wildman–Crippen LogP) is 1.62. The van der Waals surface area contributed by atoms with Gasteiger partial charge in [-0.15, -0.1) is 0 Å². The second-order valence-corrected chi connectivity index (χ2v) is 3.83. The lowest BCUT2D eigenvalue weighted by Gasteiger charge is -2.15. The lowest BCUT2D eigenvalue weighted by atomic mass is 10.1. The Kier molecular flexibility index (Phi) is 4.19. The fraction of sp³-hybridized carbons (Fsp3) is 0.600. The summed E-state index contributed by atoms with van der Waals surface area (Å²) in [6, 6.07) is 1.99. The van der Waals surface area contributed by atoms with Crippen molar-refractivity contribution in [3.05, 3.63) is 12.2 Å². The van der Waals surface area contributed by atoms with Crippen LogP contribution in [0.1, 0.15) is 27.7 Å². The molecule has 3 heteroatoms. The Morgan fingerprint density at radius 1 is 1.54 bits per heavy atom. The van der Waals surface area contributed by atoms with Gasteiger partial charge in [0, 0.05) is 0 Å². The monoisotopic (exact) mass is 180 g/mol. The molecule has 3 nitrogen and oxygen atoms in total. The van der Waals surface area contributed by atoms with E-state index in [0.29, 0.717) is 5.92 Å². The first kappa shape index (κ1) is 11.7. The largest absolute Gasteiger partial charge is 0.335 e. The van der Waals surface area contributed by atoms with Crippen LogP contribution in [0.5, 0.6) is 0 Å². The van der Waals surface area contributed by atoms with Gasteiger partial charge in [-0.2, -0.15) is 5.26 Å². The first-order valence-corrected chi connectivity index (χ1v) is 4.29. The highest BCUT2D eigenvalue weighted by Gasteiger charge is 2.17. The summed E-state index contributed by atoms with van der Waals surface area (Å²) in [5.74, 6) is 0.121. The predicted molar refractivity (Wildman–Crippen MR) is 51.8 cm³/mol. The summed E-state index contributed by atoms with van der Waals surface area (Å²) in [5, 5.41) is 11.2. The van der Waals surface area contributed by atoms with Gasteiger partial charge in [0.2, 0.25) is 5.91 Å². The number of hydrogen-bond acceptors (Lipinski definition) is 2. The van der Waals surface area contributed by atoms with Crippen molar-refractivity contribution in [1.29, 1.82) is 5.26 Å². The molecule has 0 rings (SSSR count). The van der Waals surface area contributed by atoms with Crippen molar-refractivity contribution < 1.29 is 4.79 Å². The lowest BCUT2D eigenvalue weighted by Crippen LogP contribution is -2.41. The van der Waals surface area contributed by atoms with Crippen LogP contribution >= 0.6 is 0 Å². The van der Waals surface area contributed by atoms with Crippen molar-refractivity contribution in [3.8, 4) is 6.07 Å². The molecule has 0 spiro atoms. The maximum Gasteiger partial charge on any atom is 0.244 e. The molecule has 0 fully saturated rings. The average Bonchev–Trinajstić information content (AvgIpc) is 2.00. The van der Waals surface area contributed by atoms with Crippen LogP contribution in [0.15, 0.2) is 12.2 Å². The zero-order chi connectivity index (χ0) is 10.5. The summed E-state index contributed by atoms with van der Waals surface area (Å²) >= 11 is 0. The second kappa shape index (κ2) is 4.66. The summed E-state index contributed by atoms with van der Waals surface area (Å²) < 4.78 is 0. The van der Waals surface area contributed by atoms with Crippen LogP contribution in [0.3, 0.4) is 0 Å². The molecule has 0 radical (unpaired) electrons. The third-order valence-corrected chi connectivity index (χ3v) is 1.35. The highest BCUT2D eigenvalue weighted by Crippen LogP contribution is 1.99. The van der Waals surface area contributed by atoms with Gasteiger partial charge in [0.05, 0.1) is 6.07 Å². The number of nitrogens with zero attached hydrogens (tertiary/aromatic N) is 1. The number of carbonyl (C=O) groups is 1. The van der Waals surface area contributed by atoms with Gasteiger partial charge < -0.3 is 5.32 Å². The maximum atomic E-state index is 11.2. The van der Waals surface area contributed by atoms with E-state index < -0.39 is 5.54 Å².